The van der Waals surface area contributed by atoms with E-state index in [1.165, 1.54) is 58.4 Å². The second-order valence-corrected chi connectivity index (χ2v) is 8.52. The summed E-state index contributed by atoms with van der Waals surface area (Å²) in [6.45, 7) is 15.7. The fourth-order valence-electron chi connectivity index (χ4n) is 4.10. The van der Waals surface area contributed by atoms with Crippen LogP contribution < -0.4 is 5.32 Å². The van der Waals surface area contributed by atoms with Crippen molar-refractivity contribution in [3.05, 3.63) is 0 Å². The average Bonchev–Trinajstić information content (AvgIpc) is 2.39. The summed E-state index contributed by atoms with van der Waals surface area (Å²) in [5, 5.41) is 3.91. The minimum absolute atomic E-state index is 0.539. The third-order valence-electron chi connectivity index (χ3n) is 5.60. The molecular weight excluding hydrogens is 258 g/mol. The number of nitrogens with zero attached hydrogens (tertiary/aromatic N) is 2. The first-order valence-electron chi connectivity index (χ1n) is 9.03. The van der Waals surface area contributed by atoms with Crippen molar-refractivity contribution in [1.82, 2.24) is 15.1 Å². The molecule has 2 rings (SSSR count). The minimum atomic E-state index is 0.539. The first-order valence-corrected chi connectivity index (χ1v) is 9.03. The SMILES string of the molecule is CC(C)C(CNC1CCCC(C)(C)C1)N1CCN(C)CC1. The Kier molecular flexibility index (Phi) is 6.10. The molecule has 0 spiro atoms. The number of hydrogen-bond donors (Lipinski definition) is 1. The molecular formula is C18H37N3. The monoisotopic (exact) mass is 295 g/mol. The summed E-state index contributed by atoms with van der Waals surface area (Å²) in [7, 11) is 2.24. The number of piperazine rings is 1. The fraction of sp³-hybridized carbons (Fsp3) is 1.00. The summed E-state index contributed by atoms with van der Waals surface area (Å²) in [6.07, 6.45) is 5.51. The highest BCUT2D eigenvalue weighted by atomic mass is 15.3. The number of rotatable bonds is 5. The third kappa shape index (κ3) is 5.22. The molecule has 0 aromatic carbocycles. The smallest absolute Gasteiger partial charge is 0.0244 e. The third-order valence-corrected chi connectivity index (χ3v) is 5.60. The van der Waals surface area contributed by atoms with Crippen molar-refractivity contribution in [2.45, 2.75) is 65.5 Å². The Morgan fingerprint density at radius 3 is 2.38 bits per heavy atom. The van der Waals surface area contributed by atoms with Crippen LogP contribution in [0.3, 0.4) is 0 Å². The Labute approximate surface area is 132 Å². The highest BCUT2D eigenvalue weighted by Gasteiger charge is 2.30. The Hall–Kier alpha value is -0.120. The van der Waals surface area contributed by atoms with Crippen molar-refractivity contribution in [2.75, 3.05) is 39.8 Å². The zero-order valence-electron chi connectivity index (χ0n) is 15.0. The maximum atomic E-state index is 3.91. The van der Waals surface area contributed by atoms with Gasteiger partial charge in [0.15, 0.2) is 0 Å². The van der Waals surface area contributed by atoms with Crippen molar-refractivity contribution >= 4 is 0 Å². The van der Waals surface area contributed by atoms with Crippen molar-refractivity contribution < 1.29 is 0 Å². The Bertz CT molecular complexity index is 306. The van der Waals surface area contributed by atoms with Crippen molar-refractivity contribution in [1.29, 1.82) is 0 Å². The topological polar surface area (TPSA) is 18.5 Å². The molecule has 1 saturated carbocycles. The maximum absolute atomic E-state index is 3.91. The number of likely N-dealkylation sites (N-methyl/N-ethyl adjacent to an activating group) is 1. The van der Waals surface area contributed by atoms with Crippen LogP contribution in [0.5, 0.6) is 0 Å². The molecule has 0 amide bonds. The van der Waals surface area contributed by atoms with Crippen LogP contribution in [0.25, 0.3) is 0 Å². The Morgan fingerprint density at radius 1 is 1.14 bits per heavy atom. The second-order valence-electron chi connectivity index (χ2n) is 8.52. The molecule has 2 atom stereocenters. The minimum Gasteiger partial charge on any atom is -0.312 e. The summed E-state index contributed by atoms with van der Waals surface area (Å²) >= 11 is 0. The molecule has 3 nitrogen and oxygen atoms in total. The molecule has 1 aliphatic heterocycles. The Morgan fingerprint density at radius 2 is 1.81 bits per heavy atom. The van der Waals surface area contributed by atoms with Gasteiger partial charge in [0, 0.05) is 44.8 Å². The van der Waals surface area contributed by atoms with Gasteiger partial charge in [-0.1, -0.05) is 34.1 Å². The average molecular weight is 296 g/mol. The van der Waals surface area contributed by atoms with E-state index in [1.807, 2.05) is 0 Å². The zero-order valence-corrected chi connectivity index (χ0v) is 15.0. The van der Waals surface area contributed by atoms with Crippen LogP contribution >= 0.6 is 0 Å². The van der Waals surface area contributed by atoms with E-state index in [4.69, 9.17) is 0 Å². The molecule has 1 heterocycles. The van der Waals surface area contributed by atoms with E-state index in [9.17, 15) is 0 Å². The molecule has 2 fully saturated rings. The first-order chi connectivity index (χ1) is 9.87. The lowest BCUT2D eigenvalue weighted by atomic mass is 9.75. The van der Waals surface area contributed by atoms with Crippen LogP contribution in [0.15, 0.2) is 0 Å². The lowest BCUT2D eigenvalue weighted by Gasteiger charge is -2.42. The quantitative estimate of drug-likeness (QED) is 0.841. The maximum Gasteiger partial charge on any atom is 0.0244 e. The van der Waals surface area contributed by atoms with Gasteiger partial charge in [0.05, 0.1) is 0 Å². The van der Waals surface area contributed by atoms with E-state index in [-0.39, 0.29) is 0 Å². The van der Waals surface area contributed by atoms with Gasteiger partial charge in [-0.2, -0.15) is 0 Å². The number of hydrogen-bond acceptors (Lipinski definition) is 3. The van der Waals surface area contributed by atoms with Gasteiger partial charge >= 0.3 is 0 Å². The Balaban J connectivity index is 1.83. The van der Waals surface area contributed by atoms with E-state index < -0.39 is 0 Å². The molecule has 1 N–H and O–H groups in total. The molecule has 124 valence electrons. The molecule has 2 aliphatic rings. The molecule has 0 aromatic rings. The van der Waals surface area contributed by atoms with Crippen molar-refractivity contribution in [2.24, 2.45) is 11.3 Å². The van der Waals surface area contributed by atoms with E-state index >= 15 is 0 Å². The van der Waals surface area contributed by atoms with Gasteiger partial charge in [-0.25, -0.2) is 0 Å². The molecule has 0 bridgehead atoms. The normalized spacial score (nSPS) is 29.7. The summed E-state index contributed by atoms with van der Waals surface area (Å²) in [6, 6.07) is 1.44. The fourth-order valence-corrected chi connectivity index (χ4v) is 4.10. The van der Waals surface area contributed by atoms with Crippen LogP contribution in [0, 0.1) is 11.3 Å². The van der Waals surface area contributed by atoms with Crippen LogP contribution in [0.2, 0.25) is 0 Å². The van der Waals surface area contributed by atoms with Gasteiger partial charge in [-0.3, -0.25) is 4.90 Å². The molecule has 3 heteroatoms. The zero-order chi connectivity index (χ0) is 15.5. The van der Waals surface area contributed by atoms with E-state index in [0.717, 1.165) is 12.0 Å². The summed E-state index contributed by atoms with van der Waals surface area (Å²) in [5.41, 5.74) is 0.539. The predicted molar refractivity (Wildman–Crippen MR) is 91.7 cm³/mol. The molecule has 1 aliphatic carbocycles. The van der Waals surface area contributed by atoms with Gasteiger partial charge < -0.3 is 10.2 Å². The largest absolute Gasteiger partial charge is 0.312 e. The van der Waals surface area contributed by atoms with Crippen LogP contribution in [0.1, 0.15) is 53.4 Å². The van der Waals surface area contributed by atoms with Crippen molar-refractivity contribution in [3.63, 3.8) is 0 Å². The van der Waals surface area contributed by atoms with Crippen LogP contribution in [0.4, 0.5) is 0 Å². The second kappa shape index (κ2) is 7.43. The lowest BCUT2D eigenvalue weighted by Crippen LogP contribution is -2.55. The van der Waals surface area contributed by atoms with Gasteiger partial charge in [-0.05, 0) is 37.6 Å². The molecule has 0 aromatic heterocycles. The van der Waals surface area contributed by atoms with E-state index in [0.29, 0.717) is 11.5 Å². The lowest BCUT2D eigenvalue weighted by molar-refractivity contribution is 0.0823. The predicted octanol–water partition coefficient (Wildman–Crippen LogP) is 2.82. The molecule has 21 heavy (non-hydrogen) atoms. The summed E-state index contributed by atoms with van der Waals surface area (Å²) in [5.74, 6) is 0.734. The van der Waals surface area contributed by atoms with Gasteiger partial charge in [-0.15, -0.1) is 0 Å². The summed E-state index contributed by atoms with van der Waals surface area (Å²) < 4.78 is 0. The molecule has 0 radical (unpaired) electrons. The number of nitrogens with one attached hydrogen (secondary N) is 1. The van der Waals surface area contributed by atoms with E-state index in [2.05, 4.69) is 49.9 Å². The van der Waals surface area contributed by atoms with Crippen molar-refractivity contribution in [3.8, 4) is 0 Å². The van der Waals surface area contributed by atoms with Crippen LogP contribution in [-0.2, 0) is 0 Å². The standard InChI is InChI=1S/C18H37N3/c1-15(2)17(21-11-9-20(5)10-12-21)14-19-16-7-6-8-18(3,4)13-16/h15-17,19H,6-14H2,1-5H3. The highest BCUT2D eigenvalue weighted by molar-refractivity contribution is 4.87. The van der Waals surface area contributed by atoms with Gasteiger partial charge in [0.25, 0.3) is 0 Å². The van der Waals surface area contributed by atoms with Crippen LogP contribution in [-0.4, -0.2) is 61.7 Å². The molecule has 1 saturated heterocycles. The van der Waals surface area contributed by atoms with Gasteiger partial charge in [0.2, 0.25) is 0 Å². The van der Waals surface area contributed by atoms with E-state index in [1.54, 1.807) is 0 Å². The van der Waals surface area contributed by atoms with Gasteiger partial charge in [0.1, 0.15) is 0 Å². The molecule has 2 unspecified atom stereocenters. The highest BCUT2D eigenvalue weighted by Crippen LogP contribution is 2.35. The summed E-state index contributed by atoms with van der Waals surface area (Å²) in [4.78, 5) is 5.16. The first kappa shape index (κ1) is 17.2.